The number of ether oxygens (including phenoxy) is 1. The molecule has 2 rings (SSSR count). The molecule has 106 valence electrons. The van der Waals surface area contributed by atoms with Crippen molar-refractivity contribution in [2.24, 2.45) is 0 Å². The largest absolute Gasteiger partial charge is 0.493 e. The van der Waals surface area contributed by atoms with E-state index in [2.05, 4.69) is 10.3 Å². The van der Waals surface area contributed by atoms with Crippen LogP contribution in [-0.4, -0.2) is 18.1 Å². The summed E-state index contributed by atoms with van der Waals surface area (Å²) in [4.78, 5) is 3.98. The van der Waals surface area contributed by atoms with Gasteiger partial charge in [-0.2, -0.15) is 0 Å². The second-order valence-electron chi connectivity index (χ2n) is 4.49. The molecule has 0 aliphatic carbocycles. The molecule has 20 heavy (non-hydrogen) atoms. The minimum absolute atomic E-state index is 0.237. The van der Waals surface area contributed by atoms with Gasteiger partial charge in [0.25, 0.3) is 0 Å². The minimum Gasteiger partial charge on any atom is -0.493 e. The summed E-state index contributed by atoms with van der Waals surface area (Å²) >= 11 is 0. The van der Waals surface area contributed by atoms with Gasteiger partial charge in [-0.25, -0.2) is 4.39 Å². The lowest BCUT2D eigenvalue weighted by molar-refractivity contribution is 0.317. The van der Waals surface area contributed by atoms with Crippen LogP contribution in [0.25, 0.3) is 0 Å². The zero-order valence-electron chi connectivity index (χ0n) is 11.6. The number of nitrogens with one attached hydrogen (secondary N) is 1. The van der Waals surface area contributed by atoms with Crippen molar-refractivity contribution in [3.8, 4) is 5.75 Å². The van der Waals surface area contributed by atoms with Gasteiger partial charge in [0.15, 0.2) is 0 Å². The van der Waals surface area contributed by atoms with Crippen LogP contribution in [0, 0.1) is 5.82 Å². The Morgan fingerprint density at radius 2 is 2.00 bits per heavy atom. The zero-order chi connectivity index (χ0) is 14.2. The van der Waals surface area contributed by atoms with Gasteiger partial charge in [-0.1, -0.05) is 6.92 Å². The molecule has 0 spiro atoms. The Morgan fingerprint density at radius 1 is 1.20 bits per heavy atom. The number of rotatable bonds is 7. The van der Waals surface area contributed by atoms with Gasteiger partial charge in [-0.3, -0.25) is 4.98 Å². The van der Waals surface area contributed by atoms with Crippen molar-refractivity contribution >= 4 is 0 Å². The number of hydrogen-bond acceptors (Lipinski definition) is 3. The first-order valence-electron chi connectivity index (χ1n) is 6.80. The molecule has 0 atom stereocenters. The lowest BCUT2D eigenvalue weighted by Crippen LogP contribution is -2.13. The number of halogens is 1. The monoisotopic (exact) mass is 274 g/mol. The summed E-state index contributed by atoms with van der Waals surface area (Å²) in [5.41, 5.74) is 2.02. The maximum absolute atomic E-state index is 13.3. The Balaban J connectivity index is 1.94. The average molecular weight is 274 g/mol. The van der Waals surface area contributed by atoms with E-state index in [0.29, 0.717) is 13.2 Å². The Hall–Kier alpha value is -1.94. The van der Waals surface area contributed by atoms with Crippen LogP contribution in [-0.2, 0) is 13.0 Å². The van der Waals surface area contributed by atoms with Gasteiger partial charge in [-0.05, 0) is 42.4 Å². The molecule has 1 heterocycles. The van der Waals surface area contributed by atoms with E-state index in [1.54, 1.807) is 18.5 Å². The third-order valence-electron chi connectivity index (χ3n) is 2.99. The summed E-state index contributed by atoms with van der Waals surface area (Å²) in [7, 11) is 0. The number of aromatic nitrogens is 1. The van der Waals surface area contributed by atoms with Crippen LogP contribution >= 0.6 is 0 Å². The highest BCUT2D eigenvalue weighted by Gasteiger charge is 2.05. The Morgan fingerprint density at radius 3 is 2.75 bits per heavy atom. The van der Waals surface area contributed by atoms with Crippen LogP contribution in [0.3, 0.4) is 0 Å². The molecule has 0 fully saturated rings. The summed E-state index contributed by atoms with van der Waals surface area (Å²) in [6.45, 7) is 4.03. The van der Waals surface area contributed by atoms with Gasteiger partial charge >= 0.3 is 0 Å². The summed E-state index contributed by atoms with van der Waals surface area (Å²) in [6.07, 6.45) is 4.34. The van der Waals surface area contributed by atoms with Crippen molar-refractivity contribution in [1.82, 2.24) is 10.3 Å². The highest BCUT2D eigenvalue weighted by Crippen LogP contribution is 2.20. The van der Waals surface area contributed by atoms with E-state index in [1.165, 1.54) is 17.7 Å². The molecule has 0 radical (unpaired) electrons. The molecule has 0 bridgehead atoms. The van der Waals surface area contributed by atoms with E-state index >= 15 is 0 Å². The lowest BCUT2D eigenvalue weighted by atomic mass is 10.2. The molecule has 0 amide bonds. The highest BCUT2D eigenvalue weighted by molar-refractivity contribution is 5.34. The summed E-state index contributed by atoms with van der Waals surface area (Å²) in [6, 6.07) is 8.57. The highest BCUT2D eigenvalue weighted by atomic mass is 19.1. The zero-order valence-corrected chi connectivity index (χ0v) is 11.6. The summed E-state index contributed by atoms with van der Waals surface area (Å²) in [5, 5.41) is 3.19. The van der Waals surface area contributed by atoms with E-state index in [9.17, 15) is 4.39 Å². The predicted octanol–water partition coefficient (Wildman–Crippen LogP) is 2.95. The average Bonchev–Trinajstić information content (AvgIpc) is 2.48. The van der Waals surface area contributed by atoms with E-state index in [4.69, 9.17) is 4.74 Å². The Kier molecular flexibility index (Phi) is 5.50. The molecular weight excluding hydrogens is 255 g/mol. The van der Waals surface area contributed by atoms with Gasteiger partial charge in [-0.15, -0.1) is 0 Å². The van der Waals surface area contributed by atoms with Crippen molar-refractivity contribution in [1.29, 1.82) is 0 Å². The molecule has 0 aliphatic heterocycles. The normalized spacial score (nSPS) is 10.5. The van der Waals surface area contributed by atoms with E-state index < -0.39 is 0 Å². The number of nitrogens with zero attached hydrogens (tertiary/aromatic N) is 1. The first kappa shape index (κ1) is 14.5. The number of hydrogen-bond donors (Lipinski definition) is 1. The van der Waals surface area contributed by atoms with E-state index in [0.717, 1.165) is 24.3 Å². The Labute approximate surface area is 118 Å². The van der Waals surface area contributed by atoms with Gasteiger partial charge in [0.05, 0.1) is 6.61 Å². The third kappa shape index (κ3) is 4.31. The molecule has 3 nitrogen and oxygen atoms in total. The quantitative estimate of drug-likeness (QED) is 0.843. The third-order valence-corrected chi connectivity index (χ3v) is 2.99. The molecule has 0 saturated carbocycles. The van der Waals surface area contributed by atoms with Crippen molar-refractivity contribution in [2.45, 2.75) is 19.9 Å². The van der Waals surface area contributed by atoms with E-state index in [1.807, 2.05) is 19.1 Å². The molecule has 1 aromatic heterocycles. The molecule has 0 unspecified atom stereocenters. The first-order valence-corrected chi connectivity index (χ1v) is 6.80. The van der Waals surface area contributed by atoms with Gasteiger partial charge in [0.2, 0.25) is 0 Å². The fourth-order valence-corrected chi connectivity index (χ4v) is 1.91. The number of benzene rings is 1. The van der Waals surface area contributed by atoms with Crippen LogP contribution in [0.2, 0.25) is 0 Å². The van der Waals surface area contributed by atoms with Crippen molar-refractivity contribution in [3.05, 3.63) is 59.7 Å². The molecule has 1 N–H and O–H groups in total. The van der Waals surface area contributed by atoms with Gasteiger partial charge < -0.3 is 10.1 Å². The molecule has 0 aliphatic rings. The second-order valence-corrected chi connectivity index (χ2v) is 4.49. The maximum Gasteiger partial charge on any atom is 0.123 e. The lowest BCUT2D eigenvalue weighted by Gasteiger charge is -2.12. The topological polar surface area (TPSA) is 34.1 Å². The molecule has 1 aromatic carbocycles. The summed E-state index contributed by atoms with van der Waals surface area (Å²) in [5.74, 6) is 0.501. The second kappa shape index (κ2) is 7.60. The van der Waals surface area contributed by atoms with Crippen molar-refractivity contribution < 1.29 is 9.13 Å². The van der Waals surface area contributed by atoms with Crippen LogP contribution in [0.15, 0.2) is 42.7 Å². The van der Waals surface area contributed by atoms with E-state index in [-0.39, 0.29) is 5.82 Å². The molecule has 4 heteroatoms. The fraction of sp³-hybridized carbons (Fsp3) is 0.312. The van der Waals surface area contributed by atoms with Crippen molar-refractivity contribution in [3.63, 3.8) is 0 Å². The van der Waals surface area contributed by atoms with Crippen molar-refractivity contribution in [2.75, 3.05) is 13.2 Å². The molecule has 2 aromatic rings. The molecule has 0 saturated heterocycles. The Bertz CT molecular complexity index is 531. The van der Waals surface area contributed by atoms with Crippen LogP contribution in [0.5, 0.6) is 5.75 Å². The number of pyridine rings is 1. The fourth-order valence-electron chi connectivity index (χ4n) is 1.91. The van der Waals surface area contributed by atoms with Gasteiger partial charge in [0, 0.05) is 30.9 Å². The minimum atomic E-state index is -0.237. The smallest absolute Gasteiger partial charge is 0.123 e. The van der Waals surface area contributed by atoms with Gasteiger partial charge in [0.1, 0.15) is 11.6 Å². The molecular formula is C16H19FN2O. The first-order chi connectivity index (χ1) is 9.79. The standard InChI is InChI=1S/C16H19FN2O/c1-2-18-12-14-11-15(17)3-4-16(14)20-10-7-13-5-8-19-9-6-13/h3-6,8-9,11,18H,2,7,10,12H2,1H3. The van der Waals surface area contributed by atoms with Crippen LogP contribution in [0.4, 0.5) is 4.39 Å². The maximum atomic E-state index is 13.3. The SMILES string of the molecule is CCNCc1cc(F)ccc1OCCc1ccncc1. The predicted molar refractivity (Wildman–Crippen MR) is 77.2 cm³/mol. The summed E-state index contributed by atoms with van der Waals surface area (Å²) < 4.78 is 19.0. The van der Waals surface area contributed by atoms with Crippen LogP contribution in [0.1, 0.15) is 18.1 Å². The van der Waals surface area contributed by atoms with Crippen LogP contribution < -0.4 is 10.1 Å².